The van der Waals surface area contributed by atoms with Gasteiger partial charge in [0.25, 0.3) is 5.91 Å². The molecular formula is C28H33N3O4S. The number of hydrogen-bond acceptors (Lipinski definition) is 5. The molecule has 0 aromatic heterocycles. The maximum absolute atomic E-state index is 13.0. The van der Waals surface area contributed by atoms with Crippen LogP contribution in [-0.4, -0.2) is 68.8 Å². The van der Waals surface area contributed by atoms with Gasteiger partial charge in [-0.15, -0.1) is 0 Å². The molecule has 1 fully saturated rings. The number of carbonyl (C=O) groups is 1. The number of nitrogens with zero attached hydrogens (tertiary/aromatic N) is 3. The average molecular weight is 508 g/mol. The molecule has 190 valence electrons. The Morgan fingerprint density at radius 1 is 0.917 bits per heavy atom. The van der Waals surface area contributed by atoms with E-state index in [1.807, 2.05) is 67.6 Å². The molecule has 0 spiro atoms. The number of sulfonamides is 1. The minimum absolute atomic E-state index is 0.0401. The molecule has 1 aliphatic rings. The number of aryl methyl sites for hydroxylation is 1. The van der Waals surface area contributed by atoms with Crippen LogP contribution in [0.5, 0.6) is 5.75 Å². The molecule has 7 nitrogen and oxygen atoms in total. The molecule has 1 saturated heterocycles. The van der Waals surface area contributed by atoms with Crippen LogP contribution in [0, 0.1) is 6.92 Å². The summed E-state index contributed by atoms with van der Waals surface area (Å²) in [7, 11) is -0.0545. The van der Waals surface area contributed by atoms with Crippen LogP contribution in [-0.2, 0) is 23.1 Å². The predicted molar refractivity (Wildman–Crippen MR) is 140 cm³/mol. The lowest BCUT2D eigenvalue weighted by Crippen LogP contribution is -2.48. The summed E-state index contributed by atoms with van der Waals surface area (Å²) in [5, 5.41) is 0. The first kappa shape index (κ1) is 25.9. The van der Waals surface area contributed by atoms with Crippen molar-refractivity contribution in [2.75, 3.05) is 40.3 Å². The molecule has 3 aromatic rings. The first-order chi connectivity index (χ1) is 17.3. The van der Waals surface area contributed by atoms with Crippen molar-refractivity contribution in [3.63, 3.8) is 0 Å². The fraction of sp³-hybridized carbons (Fsp3) is 0.321. The number of ether oxygens (including phenoxy) is 1. The van der Waals surface area contributed by atoms with E-state index in [1.165, 1.54) is 0 Å². The van der Waals surface area contributed by atoms with Crippen LogP contribution in [0.2, 0.25) is 0 Å². The van der Waals surface area contributed by atoms with E-state index in [1.54, 1.807) is 35.5 Å². The third-order valence-electron chi connectivity index (χ3n) is 6.50. The van der Waals surface area contributed by atoms with Crippen molar-refractivity contribution in [1.82, 2.24) is 14.1 Å². The first-order valence-electron chi connectivity index (χ1n) is 12.0. The van der Waals surface area contributed by atoms with Crippen molar-refractivity contribution in [2.45, 2.75) is 24.9 Å². The van der Waals surface area contributed by atoms with Crippen LogP contribution in [0.15, 0.2) is 77.7 Å². The summed E-state index contributed by atoms with van der Waals surface area (Å²) in [6, 6.07) is 22.4. The monoisotopic (exact) mass is 507 g/mol. The minimum Gasteiger partial charge on any atom is -0.497 e. The number of carbonyl (C=O) groups excluding carboxylic acids is 1. The molecule has 0 aliphatic carbocycles. The molecule has 3 aromatic carbocycles. The zero-order chi connectivity index (χ0) is 25.7. The fourth-order valence-corrected chi connectivity index (χ4v) is 5.77. The molecule has 1 aliphatic heterocycles. The van der Waals surface area contributed by atoms with Crippen molar-refractivity contribution in [3.05, 3.63) is 95.1 Å². The zero-order valence-electron chi connectivity index (χ0n) is 21.1. The molecular weight excluding hydrogens is 474 g/mol. The second-order valence-electron chi connectivity index (χ2n) is 9.20. The van der Waals surface area contributed by atoms with Gasteiger partial charge in [0.2, 0.25) is 10.0 Å². The maximum Gasteiger partial charge on any atom is 0.253 e. The number of benzene rings is 3. The van der Waals surface area contributed by atoms with Crippen LogP contribution < -0.4 is 4.74 Å². The molecule has 0 atom stereocenters. The number of piperazine rings is 1. The Morgan fingerprint density at radius 2 is 1.58 bits per heavy atom. The van der Waals surface area contributed by atoms with Gasteiger partial charge in [0.15, 0.2) is 0 Å². The Labute approximate surface area is 214 Å². The summed E-state index contributed by atoms with van der Waals surface area (Å²) in [6.07, 6.45) is 0. The fourth-order valence-electron chi connectivity index (χ4n) is 4.35. The highest BCUT2D eigenvalue weighted by Gasteiger charge is 2.28. The van der Waals surface area contributed by atoms with Gasteiger partial charge in [0, 0.05) is 51.9 Å². The van der Waals surface area contributed by atoms with E-state index in [0.29, 0.717) is 49.7 Å². The van der Waals surface area contributed by atoms with Crippen LogP contribution in [0.4, 0.5) is 0 Å². The molecule has 0 radical (unpaired) electrons. The van der Waals surface area contributed by atoms with Gasteiger partial charge in [0.1, 0.15) is 5.75 Å². The third-order valence-corrected chi connectivity index (χ3v) is 8.41. The van der Waals surface area contributed by atoms with E-state index >= 15 is 0 Å². The van der Waals surface area contributed by atoms with Gasteiger partial charge in [-0.2, -0.15) is 4.31 Å². The van der Waals surface area contributed by atoms with Gasteiger partial charge in [-0.1, -0.05) is 42.0 Å². The van der Waals surface area contributed by atoms with Crippen LogP contribution in [0.1, 0.15) is 27.0 Å². The Hall–Kier alpha value is -3.20. The summed E-state index contributed by atoms with van der Waals surface area (Å²) >= 11 is 0. The Bertz CT molecular complexity index is 1280. The van der Waals surface area contributed by atoms with Crippen molar-refractivity contribution in [2.24, 2.45) is 0 Å². The number of rotatable bonds is 8. The molecule has 36 heavy (non-hydrogen) atoms. The van der Waals surface area contributed by atoms with Crippen molar-refractivity contribution < 1.29 is 17.9 Å². The second-order valence-corrected chi connectivity index (χ2v) is 11.1. The van der Waals surface area contributed by atoms with Crippen molar-refractivity contribution >= 4 is 15.9 Å². The van der Waals surface area contributed by atoms with Gasteiger partial charge in [0.05, 0.1) is 12.0 Å². The molecule has 0 N–H and O–H groups in total. The molecule has 8 heteroatoms. The minimum atomic E-state index is -3.48. The third kappa shape index (κ3) is 6.13. The van der Waals surface area contributed by atoms with Crippen molar-refractivity contribution in [3.8, 4) is 5.75 Å². The van der Waals surface area contributed by atoms with Crippen LogP contribution in [0.3, 0.4) is 0 Å². The number of hydrogen-bond donors (Lipinski definition) is 0. The largest absolute Gasteiger partial charge is 0.497 e. The molecule has 0 unspecified atom stereocenters. The van der Waals surface area contributed by atoms with Crippen LogP contribution in [0.25, 0.3) is 0 Å². The van der Waals surface area contributed by atoms with Gasteiger partial charge in [-0.05, 0) is 54.4 Å². The Balaban J connectivity index is 1.34. The highest BCUT2D eigenvalue weighted by molar-refractivity contribution is 7.89. The van der Waals surface area contributed by atoms with E-state index in [0.717, 1.165) is 22.4 Å². The quantitative estimate of drug-likeness (QED) is 0.464. The molecule has 4 rings (SSSR count). The smallest absolute Gasteiger partial charge is 0.253 e. The zero-order valence-corrected chi connectivity index (χ0v) is 21.9. The highest BCUT2D eigenvalue weighted by Crippen LogP contribution is 2.20. The van der Waals surface area contributed by atoms with Gasteiger partial charge in [-0.3, -0.25) is 9.69 Å². The lowest BCUT2D eigenvalue weighted by molar-refractivity contribution is 0.0784. The summed E-state index contributed by atoms with van der Waals surface area (Å²) in [4.78, 5) is 17.3. The SMILES string of the molecule is COc1ccc(CN(C)C(=O)c2cccc(CN3CCN(S(=O)(=O)c4ccc(C)cc4)CC3)c2)cc1. The summed E-state index contributed by atoms with van der Waals surface area (Å²) in [5.74, 6) is 0.746. The average Bonchev–Trinajstić information content (AvgIpc) is 2.89. The predicted octanol–water partition coefficient (Wildman–Crippen LogP) is 3.78. The van der Waals surface area contributed by atoms with Gasteiger partial charge < -0.3 is 9.64 Å². The number of amides is 1. The summed E-state index contributed by atoms with van der Waals surface area (Å²) in [6.45, 7) is 5.28. The summed E-state index contributed by atoms with van der Waals surface area (Å²) in [5.41, 5.74) is 3.74. The van der Waals surface area contributed by atoms with E-state index < -0.39 is 10.0 Å². The topological polar surface area (TPSA) is 70.2 Å². The van der Waals surface area contributed by atoms with Crippen LogP contribution >= 0.6 is 0 Å². The molecule has 1 amide bonds. The van der Waals surface area contributed by atoms with E-state index in [4.69, 9.17) is 4.74 Å². The van der Waals surface area contributed by atoms with Gasteiger partial charge >= 0.3 is 0 Å². The number of methoxy groups -OCH3 is 1. The molecule has 0 saturated carbocycles. The normalized spacial score (nSPS) is 15.0. The van der Waals surface area contributed by atoms with E-state index in [-0.39, 0.29) is 5.91 Å². The molecule has 1 heterocycles. The Kier molecular flexibility index (Phi) is 8.08. The molecule has 0 bridgehead atoms. The van der Waals surface area contributed by atoms with E-state index in [2.05, 4.69) is 4.90 Å². The second kappa shape index (κ2) is 11.2. The first-order valence-corrected chi connectivity index (χ1v) is 13.5. The lowest BCUT2D eigenvalue weighted by atomic mass is 10.1. The van der Waals surface area contributed by atoms with Crippen molar-refractivity contribution in [1.29, 1.82) is 0 Å². The van der Waals surface area contributed by atoms with Gasteiger partial charge in [-0.25, -0.2) is 8.42 Å². The lowest BCUT2D eigenvalue weighted by Gasteiger charge is -2.34. The maximum atomic E-state index is 13.0. The Morgan fingerprint density at radius 3 is 2.22 bits per heavy atom. The summed E-state index contributed by atoms with van der Waals surface area (Å²) < 4.78 is 32.7. The standard InChI is InChI=1S/C28H33N3O4S/c1-22-7-13-27(14-8-22)36(33,34)31-17-15-30(16-18-31)21-24-5-4-6-25(19-24)28(32)29(2)20-23-9-11-26(35-3)12-10-23/h4-14,19H,15-18,20-21H2,1-3H3. The van der Waals surface area contributed by atoms with E-state index in [9.17, 15) is 13.2 Å². The highest BCUT2D eigenvalue weighted by atomic mass is 32.2.